The molecule has 0 spiro atoms. The van der Waals surface area contributed by atoms with Gasteiger partial charge in [0.25, 0.3) is 0 Å². The smallest absolute Gasteiger partial charge is 0.207 e. The lowest BCUT2D eigenvalue weighted by atomic mass is 9.89. The predicted octanol–water partition coefficient (Wildman–Crippen LogP) is 4.05. The van der Waals surface area contributed by atoms with Gasteiger partial charge in [-0.3, -0.25) is 0 Å². The van der Waals surface area contributed by atoms with Crippen LogP contribution in [0.5, 0.6) is 0 Å². The van der Waals surface area contributed by atoms with Crippen LogP contribution in [0.4, 0.5) is 4.39 Å². The van der Waals surface area contributed by atoms with Crippen molar-refractivity contribution in [2.75, 3.05) is 0 Å². The molecule has 1 atom stereocenters. The number of hydrogen-bond acceptors (Lipinski definition) is 2. The number of sulfonamides is 1. The molecular weight excluding hydrogens is 325 g/mol. The normalized spacial score (nSPS) is 15.8. The maximum absolute atomic E-state index is 13.4. The third kappa shape index (κ3) is 3.52. The van der Waals surface area contributed by atoms with Crippen LogP contribution in [-0.2, 0) is 22.9 Å². The molecule has 2 aromatic rings. The molecule has 2 aromatic carbocycles. The SMILES string of the molecule is Cc1cc(S(=O)(=O)N[C@H](C)c2ccc3c(c2)CCCC3)ccc1F. The van der Waals surface area contributed by atoms with Crippen LogP contribution in [0.15, 0.2) is 41.3 Å². The molecule has 0 amide bonds. The molecule has 128 valence electrons. The van der Waals surface area contributed by atoms with E-state index >= 15 is 0 Å². The standard InChI is InChI=1S/C19H22FNO2S/c1-13-11-18(9-10-19(13)20)24(22,23)21-14(2)16-8-7-15-5-3-4-6-17(15)12-16/h7-12,14,21H,3-6H2,1-2H3/t14-/m1/s1. The van der Waals surface area contributed by atoms with Crippen molar-refractivity contribution in [1.82, 2.24) is 4.72 Å². The summed E-state index contributed by atoms with van der Waals surface area (Å²) in [6.45, 7) is 3.39. The molecule has 0 aromatic heterocycles. The number of hydrogen-bond donors (Lipinski definition) is 1. The first-order valence-electron chi connectivity index (χ1n) is 8.27. The number of aryl methyl sites for hydroxylation is 3. The van der Waals surface area contributed by atoms with Gasteiger partial charge in [-0.1, -0.05) is 18.2 Å². The number of benzene rings is 2. The highest BCUT2D eigenvalue weighted by molar-refractivity contribution is 7.89. The first-order chi connectivity index (χ1) is 11.4. The summed E-state index contributed by atoms with van der Waals surface area (Å²) in [5.74, 6) is -0.406. The Morgan fingerprint density at radius 2 is 1.75 bits per heavy atom. The lowest BCUT2D eigenvalue weighted by Crippen LogP contribution is -2.27. The number of rotatable bonds is 4. The highest BCUT2D eigenvalue weighted by Crippen LogP contribution is 2.26. The van der Waals surface area contributed by atoms with E-state index in [9.17, 15) is 12.8 Å². The fourth-order valence-electron chi connectivity index (χ4n) is 3.18. The molecule has 1 aliphatic carbocycles. The second kappa shape index (κ2) is 6.65. The van der Waals surface area contributed by atoms with E-state index in [0.29, 0.717) is 5.56 Å². The molecule has 0 aliphatic heterocycles. The van der Waals surface area contributed by atoms with Crippen molar-refractivity contribution in [3.05, 3.63) is 64.5 Å². The maximum atomic E-state index is 13.4. The van der Waals surface area contributed by atoms with Crippen LogP contribution < -0.4 is 4.72 Å². The molecule has 3 nitrogen and oxygen atoms in total. The molecule has 3 rings (SSSR count). The number of fused-ring (bicyclic) bond motifs is 1. The molecule has 0 saturated carbocycles. The largest absolute Gasteiger partial charge is 0.241 e. The number of nitrogens with one attached hydrogen (secondary N) is 1. The Morgan fingerprint density at radius 1 is 1.04 bits per heavy atom. The molecule has 24 heavy (non-hydrogen) atoms. The molecule has 0 fully saturated rings. The Morgan fingerprint density at radius 3 is 2.46 bits per heavy atom. The van der Waals surface area contributed by atoms with E-state index in [-0.39, 0.29) is 10.9 Å². The fourth-order valence-corrected chi connectivity index (χ4v) is 4.49. The van der Waals surface area contributed by atoms with Crippen molar-refractivity contribution < 1.29 is 12.8 Å². The molecule has 5 heteroatoms. The molecule has 0 bridgehead atoms. The summed E-state index contributed by atoms with van der Waals surface area (Å²) in [6, 6.07) is 9.71. The van der Waals surface area contributed by atoms with Gasteiger partial charge < -0.3 is 0 Å². The predicted molar refractivity (Wildman–Crippen MR) is 93.0 cm³/mol. The lowest BCUT2D eigenvalue weighted by Gasteiger charge is -2.20. The van der Waals surface area contributed by atoms with E-state index in [1.54, 1.807) is 6.92 Å². The van der Waals surface area contributed by atoms with E-state index in [1.165, 1.54) is 42.2 Å². The molecule has 1 aliphatic rings. The third-order valence-corrected chi connectivity index (χ3v) is 6.18. The summed E-state index contributed by atoms with van der Waals surface area (Å²) in [7, 11) is -3.68. The Bertz CT molecular complexity index is 862. The van der Waals surface area contributed by atoms with Crippen molar-refractivity contribution in [3.63, 3.8) is 0 Å². The van der Waals surface area contributed by atoms with Gasteiger partial charge in [-0.2, -0.15) is 0 Å². The fraction of sp³-hybridized carbons (Fsp3) is 0.368. The highest BCUT2D eigenvalue weighted by Gasteiger charge is 2.20. The van der Waals surface area contributed by atoms with Crippen LogP contribution in [0, 0.1) is 12.7 Å². The molecule has 0 heterocycles. The molecular formula is C19H22FNO2S. The van der Waals surface area contributed by atoms with Gasteiger partial charge in [0.1, 0.15) is 5.82 Å². The van der Waals surface area contributed by atoms with Gasteiger partial charge in [0.05, 0.1) is 4.90 Å². The van der Waals surface area contributed by atoms with Gasteiger partial charge in [-0.25, -0.2) is 17.5 Å². The van der Waals surface area contributed by atoms with Crippen LogP contribution in [0.2, 0.25) is 0 Å². The van der Waals surface area contributed by atoms with E-state index in [2.05, 4.69) is 16.9 Å². The molecule has 0 radical (unpaired) electrons. The Kier molecular flexibility index (Phi) is 4.74. The zero-order valence-electron chi connectivity index (χ0n) is 14.0. The zero-order valence-corrected chi connectivity index (χ0v) is 14.8. The van der Waals surface area contributed by atoms with Crippen molar-refractivity contribution >= 4 is 10.0 Å². The van der Waals surface area contributed by atoms with Crippen LogP contribution >= 0.6 is 0 Å². The van der Waals surface area contributed by atoms with Crippen LogP contribution in [-0.4, -0.2) is 8.42 Å². The average molecular weight is 347 g/mol. The minimum Gasteiger partial charge on any atom is -0.207 e. The van der Waals surface area contributed by atoms with Crippen LogP contribution in [0.3, 0.4) is 0 Å². The molecule has 1 N–H and O–H groups in total. The lowest BCUT2D eigenvalue weighted by molar-refractivity contribution is 0.565. The Labute approximate surface area is 143 Å². The summed E-state index contributed by atoms with van der Waals surface area (Å²) < 4.78 is 41.1. The summed E-state index contributed by atoms with van der Waals surface area (Å²) in [5, 5.41) is 0. The van der Waals surface area contributed by atoms with E-state index in [0.717, 1.165) is 18.4 Å². The second-order valence-electron chi connectivity index (χ2n) is 6.49. The van der Waals surface area contributed by atoms with Gasteiger partial charge in [0.15, 0.2) is 0 Å². The van der Waals surface area contributed by atoms with Crippen molar-refractivity contribution in [2.24, 2.45) is 0 Å². The maximum Gasteiger partial charge on any atom is 0.241 e. The molecule has 0 unspecified atom stereocenters. The van der Waals surface area contributed by atoms with Gasteiger partial charge in [0, 0.05) is 6.04 Å². The van der Waals surface area contributed by atoms with Crippen molar-refractivity contribution in [1.29, 1.82) is 0 Å². The average Bonchev–Trinajstić information content (AvgIpc) is 2.56. The quantitative estimate of drug-likeness (QED) is 0.907. The Balaban J connectivity index is 1.82. The summed E-state index contributed by atoms with van der Waals surface area (Å²) in [5.41, 5.74) is 3.97. The topological polar surface area (TPSA) is 46.2 Å². The molecule has 0 saturated heterocycles. The van der Waals surface area contributed by atoms with E-state index in [4.69, 9.17) is 0 Å². The van der Waals surface area contributed by atoms with Gasteiger partial charge in [-0.15, -0.1) is 0 Å². The second-order valence-corrected chi connectivity index (χ2v) is 8.20. The van der Waals surface area contributed by atoms with Crippen molar-refractivity contribution in [2.45, 2.75) is 50.5 Å². The van der Waals surface area contributed by atoms with E-state index in [1.807, 2.05) is 13.0 Å². The van der Waals surface area contributed by atoms with Gasteiger partial charge >= 0.3 is 0 Å². The first-order valence-corrected chi connectivity index (χ1v) is 9.75. The van der Waals surface area contributed by atoms with Gasteiger partial charge in [-0.05, 0) is 80.0 Å². The van der Waals surface area contributed by atoms with Crippen molar-refractivity contribution in [3.8, 4) is 0 Å². The van der Waals surface area contributed by atoms with Crippen LogP contribution in [0.1, 0.15) is 48.1 Å². The third-order valence-electron chi connectivity index (χ3n) is 4.64. The zero-order chi connectivity index (χ0) is 17.3. The minimum absolute atomic E-state index is 0.0891. The van der Waals surface area contributed by atoms with E-state index < -0.39 is 15.8 Å². The number of halogens is 1. The monoisotopic (exact) mass is 347 g/mol. The highest BCUT2D eigenvalue weighted by atomic mass is 32.2. The van der Waals surface area contributed by atoms with Gasteiger partial charge in [0.2, 0.25) is 10.0 Å². The minimum atomic E-state index is -3.68. The summed E-state index contributed by atoms with van der Waals surface area (Å²) in [4.78, 5) is 0.0891. The Hall–Kier alpha value is -1.72. The summed E-state index contributed by atoms with van der Waals surface area (Å²) in [6.07, 6.45) is 4.56. The summed E-state index contributed by atoms with van der Waals surface area (Å²) >= 11 is 0. The van der Waals surface area contributed by atoms with Crippen LogP contribution in [0.25, 0.3) is 0 Å². The first kappa shape index (κ1) is 17.1.